The summed E-state index contributed by atoms with van der Waals surface area (Å²) in [5.41, 5.74) is 10.0. The summed E-state index contributed by atoms with van der Waals surface area (Å²) < 4.78 is 0. The second-order valence-electron chi connectivity index (χ2n) is 2.07. The van der Waals surface area contributed by atoms with Gasteiger partial charge in [0.15, 0.2) is 0 Å². The molecule has 0 aromatic carbocycles. The van der Waals surface area contributed by atoms with Crippen LogP contribution in [0.3, 0.4) is 0 Å². The van der Waals surface area contributed by atoms with E-state index in [0.29, 0.717) is 5.82 Å². The number of amides is 1. The number of hydrogen-bond donors (Lipinski definition) is 4. The average molecular weight is 248 g/mol. The van der Waals surface area contributed by atoms with Gasteiger partial charge in [0.2, 0.25) is 5.91 Å². The predicted molar refractivity (Wildman–Crippen MR) is 41.4 cm³/mol. The van der Waals surface area contributed by atoms with Gasteiger partial charge in [-0.25, -0.2) is 5.01 Å². The molecule has 0 aliphatic carbocycles. The second kappa shape index (κ2) is 7.48. The maximum Gasteiger partial charge on any atom is 0.233 e. The number of nitrogens with two attached hydrogens (primary N) is 3. The third-order valence-electron chi connectivity index (χ3n) is 0.868. The van der Waals surface area contributed by atoms with Crippen LogP contribution < -0.4 is 22.6 Å². The maximum absolute atomic E-state index is 10.3. The molecule has 0 aromatic heterocycles. The number of nitrogens with zero attached hydrogens (tertiary/aromatic N) is 1. The fourth-order valence-electron chi connectivity index (χ4n) is 0.459. The number of carbonyl (C=O) groups is 1. The van der Waals surface area contributed by atoms with E-state index in [9.17, 15) is 4.79 Å². The molecule has 6 nitrogen and oxygen atoms in total. The number of hydrogen-bond acceptors (Lipinski definition) is 5. The molecule has 0 rings (SSSR count). The Labute approximate surface area is 96.4 Å². The SMILES string of the molecule is C=C(N)NCN(N)CC(N)=O.[Y]. The average Bonchev–Trinajstić information content (AvgIpc) is 1.82. The number of carbonyl (C=O) groups excluding carboxylic acids is 1. The van der Waals surface area contributed by atoms with Crippen molar-refractivity contribution in [2.45, 2.75) is 0 Å². The maximum atomic E-state index is 10.3. The molecule has 0 unspecified atom stereocenters. The van der Waals surface area contributed by atoms with Gasteiger partial charge >= 0.3 is 0 Å². The first-order valence-electron chi connectivity index (χ1n) is 2.98. The minimum atomic E-state index is -0.489. The summed E-state index contributed by atoms with van der Waals surface area (Å²) in [5, 5.41) is 3.82. The first-order valence-corrected chi connectivity index (χ1v) is 2.98. The van der Waals surface area contributed by atoms with Gasteiger partial charge in [0.25, 0.3) is 0 Å². The van der Waals surface area contributed by atoms with Gasteiger partial charge in [0.1, 0.15) is 0 Å². The monoisotopic (exact) mass is 248 g/mol. The minimum Gasteiger partial charge on any atom is -0.386 e. The molecule has 1 amide bonds. The van der Waals surface area contributed by atoms with Crippen molar-refractivity contribution in [2.24, 2.45) is 17.3 Å². The first-order chi connectivity index (χ1) is 5.02. The van der Waals surface area contributed by atoms with Gasteiger partial charge in [-0.05, 0) is 0 Å². The van der Waals surface area contributed by atoms with Gasteiger partial charge < -0.3 is 16.8 Å². The molecule has 0 aliphatic heterocycles. The van der Waals surface area contributed by atoms with Crippen LogP contribution in [0, 0.1) is 0 Å². The van der Waals surface area contributed by atoms with Crippen molar-refractivity contribution < 1.29 is 37.5 Å². The number of hydrazine groups is 1. The molecule has 12 heavy (non-hydrogen) atoms. The van der Waals surface area contributed by atoms with Crippen molar-refractivity contribution in [2.75, 3.05) is 13.2 Å². The standard InChI is InChI=1S/C5H13N5O.Y/c1-4(6)9-3-10(8)2-5(7)11;/h9H,1-3,6,8H2,(H2,7,11);. The Morgan fingerprint density at radius 1 is 1.50 bits per heavy atom. The fraction of sp³-hybridized carbons (Fsp3) is 0.400. The van der Waals surface area contributed by atoms with Crippen LogP contribution in [0.15, 0.2) is 12.4 Å². The van der Waals surface area contributed by atoms with Crippen LogP contribution in [0.5, 0.6) is 0 Å². The van der Waals surface area contributed by atoms with Crippen LogP contribution >= 0.6 is 0 Å². The Morgan fingerprint density at radius 2 is 2.00 bits per heavy atom. The van der Waals surface area contributed by atoms with Crippen LogP contribution in [0.2, 0.25) is 0 Å². The summed E-state index contributed by atoms with van der Waals surface area (Å²) in [4.78, 5) is 10.3. The zero-order valence-electron chi connectivity index (χ0n) is 6.79. The third-order valence-corrected chi connectivity index (χ3v) is 0.868. The largest absolute Gasteiger partial charge is 0.386 e. The Hall–Kier alpha value is -0.166. The fourth-order valence-corrected chi connectivity index (χ4v) is 0.459. The summed E-state index contributed by atoms with van der Waals surface area (Å²) in [6.07, 6.45) is 0. The van der Waals surface area contributed by atoms with Gasteiger partial charge in [-0.1, -0.05) is 6.58 Å². The molecule has 0 spiro atoms. The zero-order valence-corrected chi connectivity index (χ0v) is 9.62. The molecule has 0 saturated carbocycles. The van der Waals surface area contributed by atoms with Crippen LogP contribution in [0.1, 0.15) is 0 Å². The van der Waals surface area contributed by atoms with E-state index in [1.165, 1.54) is 5.01 Å². The van der Waals surface area contributed by atoms with Crippen LogP contribution in [0.4, 0.5) is 0 Å². The zero-order chi connectivity index (χ0) is 8.85. The van der Waals surface area contributed by atoms with E-state index in [-0.39, 0.29) is 45.9 Å². The van der Waals surface area contributed by atoms with E-state index in [1.54, 1.807) is 0 Å². The molecule has 0 aliphatic rings. The van der Waals surface area contributed by atoms with Crippen molar-refractivity contribution in [1.82, 2.24) is 10.3 Å². The Morgan fingerprint density at radius 3 is 2.33 bits per heavy atom. The van der Waals surface area contributed by atoms with E-state index in [1.807, 2.05) is 0 Å². The molecular formula is C5H13N5OY. The molecule has 0 aromatic rings. The smallest absolute Gasteiger partial charge is 0.233 e. The number of primary amides is 1. The molecular weight excluding hydrogens is 235 g/mol. The molecule has 7 heteroatoms. The van der Waals surface area contributed by atoms with Crippen molar-refractivity contribution in [3.63, 3.8) is 0 Å². The van der Waals surface area contributed by atoms with Gasteiger partial charge in [0, 0.05) is 32.7 Å². The normalized spacial score (nSPS) is 8.83. The predicted octanol–water partition coefficient (Wildman–Crippen LogP) is -2.38. The number of nitrogens with one attached hydrogen (secondary N) is 1. The van der Waals surface area contributed by atoms with Gasteiger partial charge in [-0.2, -0.15) is 0 Å². The van der Waals surface area contributed by atoms with Crippen LogP contribution in [-0.4, -0.2) is 24.1 Å². The topological polar surface area (TPSA) is 110 Å². The van der Waals surface area contributed by atoms with E-state index < -0.39 is 5.91 Å². The molecule has 7 N–H and O–H groups in total. The van der Waals surface area contributed by atoms with Gasteiger partial charge in [0.05, 0.1) is 19.0 Å². The van der Waals surface area contributed by atoms with Gasteiger partial charge in [-0.15, -0.1) is 0 Å². The Kier molecular flexibility index (Phi) is 8.95. The van der Waals surface area contributed by atoms with Gasteiger partial charge in [-0.3, -0.25) is 10.6 Å². The summed E-state index contributed by atoms with van der Waals surface area (Å²) in [6.45, 7) is 3.61. The van der Waals surface area contributed by atoms with Crippen molar-refractivity contribution in [3.8, 4) is 0 Å². The minimum absolute atomic E-state index is 0. The Balaban J connectivity index is 0. The molecule has 0 heterocycles. The summed E-state index contributed by atoms with van der Waals surface area (Å²) in [5.74, 6) is 5.10. The third kappa shape index (κ3) is 9.83. The summed E-state index contributed by atoms with van der Waals surface area (Å²) >= 11 is 0. The van der Waals surface area contributed by atoms with E-state index in [0.717, 1.165) is 0 Å². The van der Waals surface area contributed by atoms with Crippen LogP contribution in [0.25, 0.3) is 0 Å². The molecule has 0 fully saturated rings. The van der Waals surface area contributed by atoms with Crippen LogP contribution in [-0.2, 0) is 37.5 Å². The van der Waals surface area contributed by atoms with E-state index in [4.69, 9.17) is 17.3 Å². The molecule has 67 valence electrons. The van der Waals surface area contributed by atoms with E-state index in [2.05, 4.69) is 11.9 Å². The molecule has 0 saturated heterocycles. The van der Waals surface area contributed by atoms with Crippen molar-refractivity contribution >= 4 is 5.91 Å². The van der Waals surface area contributed by atoms with E-state index >= 15 is 0 Å². The quantitative estimate of drug-likeness (QED) is 0.247. The Bertz CT molecular complexity index is 162. The molecule has 0 bridgehead atoms. The van der Waals surface area contributed by atoms with Crippen molar-refractivity contribution in [1.29, 1.82) is 0 Å². The molecule has 1 radical (unpaired) electrons. The number of rotatable bonds is 5. The first kappa shape index (κ1) is 14.4. The van der Waals surface area contributed by atoms with Crippen molar-refractivity contribution in [3.05, 3.63) is 12.4 Å². The second-order valence-corrected chi connectivity index (χ2v) is 2.07. The summed E-state index contributed by atoms with van der Waals surface area (Å²) in [6, 6.07) is 0. The molecule has 0 atom stereocenters. The summed E-state index contributed by atoms with van der Waals surface area (Å²) in [7, 11) is 0.